The van der Waals surface area contributed by atoms with E-state index < -0.39 is 0 Å². The van der Waals surface area contributed by atoms with Crippen LogP contribution in [0, 0.1) is 5.41 Å². The van der Waals surface area contributed by atoms with Crippen LogP contribution in [0.25, 0.3) is 0 Å². The molecule has 0 radical (unpaired) electrons. The van der Waals surface area contributed by atoms with E-state index in [4.69, 9.17) is 15.9 Å². The van der Waals surface area contributed by atoms with E-state index in [1.165, 1.54) is 0 Å². The van der Waals surface area contributed by atoms with Crippen LogP contribution >= 0.6 is 0 Å². The normalized spacial score (nSPS) is 12.8. The van der Waals surface area contributed by atoms with Gasteiger partial charge in [-0.3, -0.25) is 5.41 Å². The number of nitrogens with one attached hydrogen (secondary N) is 1. The van der Waals surface area contributed by atoms with Crippen LogP contribution in [0.1, 0.15) is 39.5 Å². The number of ether oxygens (including phenoxy) is 1. The second-order valence-electron chi connectivity index (χ2n) is 2.98. The molecule has 0 bridgehead atoms. The number of nitrogens with two attached hydrogens (primary N) is 1. The summed E-state index contributed by atoms with van der Waals surface area (Å²) in [5.74, 6) is 0.221. The maximum Gasteiger partial charge on any atom is 0.0931 e. The molecule has 0 aromatic rings. The molecule has 3 nitrogen and oxygen atoms in total. The Balaban J connectivity index is 3.46. The number of rotatable bonds is 7. The monoisotopic (exact) mass is 172 g/mol. The Kier molecular flexibility index (Phi) is 6.76. The number of amidine groups is 1. The molecule has 0 aliphatic heterocycles. The minimum absolute atomic E-state index is 0.147. The highest BCUT2D eigenvalue weighted by atomic mass is 16.5. The van der Waals surface area contributed by atoms with Crippen molar-refractivity contribution in [2.45, 2.75) is 45.6 Å². The van der Waals surface area contributed by atoms with Gasteiger partial charge in [-0.1, -0.05) is 20.3 Å². The smallest absolute Gasteiger partial charge is 0.0931 e. The van der Waals surface area contributed by atoms with Gasteiger partial charge in [-0.25, -0.2) is 0 Å². The third-order valence-corrected chi connectivity index (χ3v) is 1.75. The van der Waals surface area contributed by atoms with E-state index >= 15 is 0 Å². The van der Waals surface area contributed by atoms with E-state index in [0.29, 0.717) is 6.42 Å². The van der Waals surface area contributed by atoms with Crippen LogP contribution in [-0.2, 0) is 4.74 Å². The molecule has 0 rings (SSSR count). The Morgan fingerprint density at radius 1 is 1.50 bits per heavy atom. The molecule has 0 saturated heterocycles. The summed E-state index contributed by atoms with van der Waals surface area (Å²) in [6.07, 6.45) is 3.89. The van der Waals surface area contributed by atoms with Gasteiger partial charge in [0.1, 0.15) is 0 Å². The van der Waals surface area contributed by atoms with Gasteiger partial charge in [0.2, 0.25) is 0 Å². The Bertz CT molecular complexity index is 126. The van der Waals surface area contributed by atoms with Gasteiger partial charge in [-0.15, -0.1) is 0 Å². The summed E-state index contributed by atoms with van der Waals surface area (Å²) in [7, 11) is 0. The van der Waals surface area contributed by atoms with Gasteiger partial charge in [0.25, 0.3) is 0 Å². The highest BCUT2D eigenvalue weighted by molar-refractivity contribution is 5.77. The largest absolute Gasteiger partial charge is 0.388 e. The summed E-state index contributed by atoms with van der Waals surface area (Å²) in [5, 5.41) is 7.11. The van der Waals surface area contributed by atoms with Crippen molar-refractivity contribution in [3.05, 3.63) is 0 Å². The molecule has 1 unspecified atom stereocenters. The number of hydrogen-bond donors (Lipinski definition) is 2. The first kappa shape index (κ1) is 11.4. The minimum Gasteiger partial charge on any atom is -0.388 e. The van der Waals surface area contributed by atoms with Crippen LogP contribution in [0.4, 0.5) is 0 Å². The van der Waals surface area contributed by atoms with Crippen molar-refractivity contribution in [3.63, 3.8) is 0 Å². The molecule has 3 N–H and O–H groups in total. The molecular formula is C9H20N2O. The van der Waals surface area contributed by atoms with E-state index in [0.717, 1.165) is 25.9 Å². The van der Waals surface area contributed by atoms with Crippen molar-refractivity contribution < 1.29 is 4.74 Å². The highest BCUT2D eigenvalue weighted by Crippen LogP contribution is 2.04. The highest BCUT2D eigenvalue weighted by Gasteiger charge is 2.06. The Morgan fingerprint density at radius 3 is 2.58 bits per heavy atom. The molecule has 1 atom stereocenters. The van der Waals surface area contributed by atoms with Gasteiger partial charge >= 0.3 is 0 Å². The number of unbranched alkanes of at least 4 members (excludes halogenated alkanes) is 1. The molecule has 0 aromatic carbocycles. The quantitative estimate of drug-likeness (QED) is 0.350. The fourth-order valence-corrected chi connectivity index (χ4v) is 0.961. The van der Waals surface area contributed by atoms with Crippen LogP contribution < -0.4 is 5.73 Å². The number of hydrogen-bond acceptors (Lipinski definition) is 2. The molecule has 0 fully saturated rings. The Morgan fingerprint density at radius 2 is 2.17 bits per heavy atom. The molecule has 0 heterocycles. The summed E-state index contributed by atoms with van der Waals surface area (Å²) >= 11 is 0. The van der Waals surface area contributed by atoms with E-state index in [1.54, 1.807) is 0 Å². The summed E-state index contributed by atoms with van der Waals surface area (Å²) in [5.41, 5.74) is 5.28. The van der Waals surface area contributed by atoms with Gasteiger partial charge in [-0.05, 0) is 12.8 Å². The van der Waals surface area contributed by atoms with Gasteiger partial charge in [0, 0.05) is 13.0 Å². The van der Waals surface area contributed by atoms with E-state index in [2.05, 4.69) is 13.8 Å². The predicted molar refractivity (Wildman–Crippen MR) is 51.5 cm³/mol. The molecule has 72 valence electrons. The summed E-state index contributed by atoms with van der Waals surface area (Å²) in [6.45, 7) is 4.98. The van der Waals surface area contributed by atoms with Crippen LogP contribution in [0.5, 0.6) is 0 Å². The first-order valence-electron chi connectivity index (χ1n) is 4.65. The second-order valence-corrected chi connectivity index (χ2v) is 2.98. The molecular weight excluding hydrogens is 152 g/mol. The lowest BCUT2D eigenvalue weighted by Crippen LogP contribution is -2.21. The fraction of sp³-hybridized carbons (Fsp3) is 0.889. The maximum atomic E-state index is 7.11. The molecule has 0 aliphatic carbocycles. The lowest BCUT2D eigenvalue weighted by atomic mass is 10.2. The third-order valence-electron chi connectivity index (χ3n) is 1.75. The third kappa shape index (κ3) is 6.16. The standard InChI is InChI=1S/C9H20N2O/c1-3-5-6-12-8(4-2)7-9(10)11/h8H,3-7H2,1-2H3,(H3,10,11). The van der Waals surface area contributed by atoms with E-state index in [-0.39, 0.29) is 11.9 Å². The topological polar surface area (TPSA) is 59.1 Å². The molecule has 12 heavy (non-hydrogen) atoms. The zero-order chi connectivity index (χ0) is 9.40. The SMILES string of the molecule is CCCCOC(CC)CC(=N)N. The van der Waals surface area contributed by atoms with Gasteiger partial charge in [-0.2, -0.15) is 0 Å². The molecule has 0 aromatic heterocycles. The zero-order valence-corrected chi connectivity index (χ0v) is 8.10. The maximum absolute atomic E-state index is 7.11. The van der Waals surface area contributed by atoms with E-state index in [9.17, 15) is 0 Å². The molecule has 0 spiro atoms. The van der Waals surface area contributed by atoms with E-state index in [1.807, 2.05) is 0 Å². The summed E-state index contributed by atoms with van der Waals surface area (Å²) < 4.78 is 5.52. The zero-order valence-electron chi connectivity index (χ0n) is 8.10. The molecule has 0 saturated carbocycles. The van der Waals surface area contributed by atoms with Crippen molar-refractivity contribution in [3.8, 4) is 0 Å². The average molecular weight is 172 g/mol. The lowest BCUT2D eigenvalue weighted by Gasteiger charge is -2.14. The summed E-state index contributed by atoms with van der Waals surface area (Å²) in [4.78, 5) is 0. The van der Waals surface area contributed by atoms with Crippen LogP contribution in [0.15, 0.2) is 0 Å². The lowest BCUT2D eigenvalue weighted by molar-refractivity contribution is 0.0536. The van der Waals surface area contributed by atoms with Crippen LogP contribution in [0.3, 0.4) is 0 Å². The van der Waals surface area contributed by atoms with Gasteiger partial charge in [0.15, 0.2) is 0 Å². The fourth-order valence-electron chi connectivity index (χ4n) is 0.961. The van der Waals surface area contributed by atoms with Crippen LogP contribution in [0.2, 0.25) is 0 Å². The van der Waals surface area contributed by atoms with Crippen molar-refractivity contribution in [1.82, 2.24) is 0 Å². The molecule has 0 aliphatic rings. The first-order valence-corrected chi connectivity index (χ1v) is 4.65. The second kappa shape index (κ2) is 7.10. The van der Waals surface area contributed by atoms with Crippen molar-refractivity contribution in [1.29, 1.82) is 5.41 Å². The van der Waals surface area contributed by atoms with Crippen molar-refractivity contribution in [2.75, 3.05) is 6.61 Å². The average Bonchev–Trinajstić information content (AvgIpc) is 2.02. The first-order chi connectivity index (χ1) is 5.70. The molecule has 3 heteroatoms. The minimum atomic E-state index is 0.147. The van der Waals surface area contributed by atoms with Gasteiger partial charge in [0.05, 0.1) is 11.9 Å². The predicted octanol–water partition coefficient (Wildman–Crippen LogP) is 1.91. The molecule has 0 amide bonds. The van der Waals surface area contributed by atoms with Crippen molar-refractivity contribution in [2.24, 2.45) is 5.73 Å². The van der Waals surface area contributed by atoms with Crippen LogP contribution in [-0.4, -0.2) is 18.5 Å². The Labute approximate surface area is 74.8 Å². The van der Waals surface area contributed by atoms with Gasteiger partial charge < -0.3 is 10.5 Å². The summed E-state index contributed by atoms with van der Waals surface area (Å²) in [6, 6.07) is 0. The Hall–Kier alpha value is -0.570. The van der Waals surface area contributed by atoms with Crippen molar-refractivity contribution >= 4 is 5.84 Å².